The Morgan fingerprint density at radius 1 is 1.36 bits per heavy atom. The van der Waals surface area contributed by atoms with E-state index in [0.717, 1.165) is 0 Å². The van der Waals surface area contributed by atoms with Crippen LogP contribution in [-0.4, -0.2) is 10.1 Å². The van der Waals surface area contributed by atoms with Crippen LogP contribution in [-0.2, 0) is 30.7 Å². The maximum absolute atomic E-state index is 8.96. The standard InChI is InChI=1S/C6H5Cl2NO.Zr/c7-6(8,10)5-3-1-2-4-9-5;/h1-4,10H;. The molecule has 5 heteroatoms. The van der Waals surface area contributed by atoms with E-state index in [1.807, 2.05) is 0 Å². The summed E-state index contributed by atoms with van der Waals surface area (Å²) in [7, 11) is 0. The third-order valence-corrected chi connectivity index (χ3v) is 1.36. The number of hydrogen-bond acceptors (Lipinski definition) is 2. The first-order valence-corrected chi connectivity index (χ1v) is 3.38. The number of nitrogens with zero attached hydrogens (tertiary/aromatic N) is 1. The molecule has 11 heavy (non-hydrogen) atoms. The second-order valence-electron chi connectivity index (χ2n) is 1.76. The van der Waals surface area contributed by atoms with Crippen molar-refractivity contribution >= 4 is 23.2 Å². The number of hydrogen-bond donors (Lipinski definition) is 1. The van der Waals surface area contributed by atoms with Gasteiger partial charge in [-0.25, -0.2) is 0 Å². The number of alkyl halides is 2. The van der Waals surface area contributed by atoms with Gasteiger partial charge < -0.3 is 5.11 Å². The SMILES string of the molecule is OC(Cl)(Cl)c1ccccn1.[Zr]. The van der Waals surface area contributed by atoms with Gasteiger partial charge in [0.1, 0.15) is 5.69 Å². The topological polar surface area (TPSA) is 33.1 Å². The average Bonchev–Trinajstić information content (AvgIpc) is 1.88. The largest absolute Gasteiger partial charge is 0.358 e. The van der Waals surface area contributed by atoms with E-state index in [-0.39, 0.29) is 31.9 Å². The number of pyridine rings is 1. The van der Waals surface area contributed by atoms with Crippen molar-refractivity contribution in [1.29, 1.82) is 0 Å². The molecule has 0 amide bonds. The number of aliphatic hydroxyl groups is 1. The van der Waals surface area contributed by atoms with Crippen LogP contribution in [0.4, 0.5) is 0 Å². The zero-order chi connectivity index (χ0) is 7.61. The van der Waals surface area contributed by atoms with Gasteiger partial charge in [0.15, 0.2) is 0 Å². The summed E-state index contributed by atoms with van der Waals surface area (Å²) >= 11 is 10.6. The van der Waals surface area contributed by atoms with Crippen molar-refractivity contribution in [2.24, 2.45) is 0 Å². The van der Waals surface area contributed by atoms with E-state index in [4.69, 9.17) is 28.3 Å². The summed E-state index contributed by atoms with van der Waals surface area (Å²) in [6.45, 7) is 0. The van der Waals surface area contributed by atoms with E-state index < -0.39 is 4.52 Å². The van der Waals surface area contributed by atoms with Crippen LogP contribution in [0.15, 0.2) is 24.4 Å². The van der Waals surface area contributed by atoms with Crippen molar-refractivity contribution in [2.45, 2.75) is 4.52 Å². The summed E-state index contributed by atoms with van der Waals surface area (Å²) in [6, 6.07) is 4.95. The minimum absolute atomic E-state index is 0. The number of aromatic nitrogens is 1. The molecule has 0 fully saturated rings. The van der Waals surface area contributed by atoms with Gasteiger partial charge in [0, 0.05) is 32.4 Å². The monoisotopic (exact) mass is 267 g/mol. The van der Waals surface area contributed by atoms with Crippen LogP contribution in [0.25, 0.3) is 0 Å². The second-order valence-corrected chi connectivity index (χ2v) is 3.04. The van der Waals surface area contributed by atoms with Crippen molar-refractivity contribution in [3.63, 3.8) is 0 Å². The fourth-order valence-corrected chi connectivity index (χ4v) is 0.764. The minimum Gasteiger partial charge on any atom is -0.358 e. The molecule has 0 aliphatic rings. The zero-order valence-corrected chi connectivity index (χ0v) is 9.43. The zero-order valence-electron chi connectivity index (χ0n) is 5.46. The smallest absolute Gasteiger partial charge is 0.259 e. The number of halogens is 2. The average molecular weight is 269 g/mol. The quantitative estimate of drug-likeness (QED) is 0.787. The Morgan fingerprint density at radius 3 is 2.27 bits per heavy atom. The molecule has 1 aromatic rings. The molecule has 58 valence electrons. The van der Waals surface area contributed by atoms with E-state index in [0.29, 0.717) is 0 Å². The minimum atomic E-state index is -1.87. The van der Waals surface area contributed by atoms with E-state index >= 15 is 0 Å². The Hall–Kier alpha value is 0.573. The van der Waals surface area contributed by atoms with Crippen LogP contribution in [0.1, 0.15) is 5.69 Å². The molecule has 0 spiro atoms. The fourth-order valence-electron chi connectivity index (χ4n) is 0.541. The van der Waals surface area contributed by atoms with Crippen molar-refractivity contribution < 1.29 is 31.3 Å². The molecule has 1 heterocycles. The van der Waals surface area contributed by atoms with Crippen LogP contribution in [0.3, 0.4) is 0 Å². The van der Waals surface area contributed by atoms with Gasteiger partial charge in [0.25, 0.3) is 4.52 Å². The second kappa shape index (κ2) is 4.56. The van der Waals surface area contributed by atoms with E-state index in [9.17, 15) is 0 Å². The van der Waals surface area contributed by atoms with Gasteiger partial charge in [0.2, 0.25) is 0 Å². The van der Waals surface area contributed by atoms with E-state index in [1.54, 1.807) is 18.2 Å². The van der Waals surface area contributed by atoms with Gasteiger partial charge in [-0.15, -0.1) is 0 Å². The first-order chi connectivity index (χ1) is 4.61. The Labute approximate surface area is 93.7 Å². The maximum atomic E-state index is 8.96. The summed E-state index contributed by atoms with van der Waals surface area (Å²) in [5.41, 5.74) is 0.235. The molecule has 1 rings (SSSR count). The fraction of sp³-hybridized carbons (Fsp3) is 0.167. The molecule has 0 aliphatic carbocycles. The van der Waals surface area contributed by atoms with Crippen molar-refractivity contribution in [3.05, 3.63) is 30.1 Å². The Bertz CT molecular complexity index is 212. The maximum Gasteiger partial charge on any atom is 0.259 e. The molecular formula is C6H5Cl2NOZr. The van der Waals surface area contributed by atoms with Crippen LogP contribution in [0.2, 0.25) is 0 Å². The molecule has 1 aromatic heterocycles. The Morgan fingerprint density at radius 2 is 2.00 bits per heavy atom. The normalized spacial score (nSPS) is 10.5. The molecule has 0 radical (unpaired) electrons. The van der Waals surface area contributed by atoms with Crippen molar-refractivity contribution in [3.8, 4) is 0 Å². The summed E-state index contributed by atoms with van der Waals surface area (Å²) in [5.74, 6) is 0. The predicted octanol–water partition coefficient (Wildman–Crippen LogP) is 1.66. The third kappa shape index (κ3) is 3.66. The van der Waals surface area contributed by atoms with Gasteiger partial charge in [0.05, 0.1) is 0 Å². The molecule has 0 bridgehead atoms. The van der Waals surface area contributed by atoms with Gasteiger partial charge in [-0.3, -0.25) is 4.98 Å². The summed E-state index contributed by atoms with van der Waals surface area (Å²) in [6.07, 6.45) is 1.51. The Balaban J connectivity index is 0.000001000. The van der Waals surface area contributed by atoms with E-state index in [2.05, 4.69) is 4.98 Å². The summed E-state index contributed by atoms with van der Waals surface area (Å²) in [4.78, 5) is 3.74. The number of rotatable bonds is 1. The van der Waals surface area contributed by atoms with Crippen LogP contribution in [0.5, 0.6) is 0 Å². The van der Waals surface area contributed by atoms with Gasteiger partial charge >= 0.3 is 0 Å². The first-order valence-electron chi connectivity index (χ1n) is 2.62. The molecule has 0 aromatic carbocycles. The van der Waals surface area contributed by atoms with Crippen molar-refractivity contribution in [1.82, 2.24) is 4.98 Å². The van der Waals surface area contributed by atoms with Crippen LogP contribution >= 0.6 is 23.2 Å². The molecule has 0 saturated heterocycles. The Kier molecular flexibility index (Phi) is 4.80. The molecule has 0 saturated carbocycles. The molecular weight excluding hydrogens is 264 g/mol. The molecule has 1 N–H and O–H groups in total. The molecule has 0 aliphatic heterocycles. The molecule has 0 unspecified atom stereocenters. The molecule has 0 atom stereocenters. The predicted molar refractivity (Wildman–Crippen MR) is 39.8 cm³/mol. The van der Waals surface area contributed by atoms with Gasteiger partial charge in [-0.05, 0) is 12.1 Å². The van der Waals surface area contributed by atoms with Crippen molar-refractivity contribution in [2.75, 3.05) is 0 Å². The first kappa shape index (κ1) is 11.6. The summed E-state index contributed by atoms with van der Waals surface area (Å²) in [5, 5.41) is 8.96. The molecule has 2 nitrogen and oxygen atoms in total. The van der Waals surface area contributed by atoms with Crippen LogP contribution < -0.4 is 0 Å². The summed E-state index contributed by atoms with van der Waals surface area (Å²) < 4.78 is -1.87. The van der Waals surface area contributed by atoms with Gasteiger partial charge in [-0.1, -0.05) is 29.3 Å². The van der Waals surface area contributed by atoms with Gasteiger partial charge in [-0.2, -0.15) is 0 Å². The third-order valence-electron chi connectivity index (χ3n) is 0.973. The van der Waals surface area contributed by atoms with Crippen LogP contribution in [0, 0.1) is 0 Å². The van der Waals surface area contributed by atoms with E-state index in [1.165, 1.54) is 6.20 Å².